The Morgan fingerprint density at radius 1 is 1.23 bits per heavy atom. The van der Waals surface area contributed by atoms with Gasteiger partial charge in [-0.3, -0.25) is 19.4 Å². The van der Waals surface area contributed by atoms with Gasteiger partial charge in [0.15, 0.2) is 6.73 Å². The number of halogens is 4. The number of hydrogen-bond donors (Lipinski definition) is 1. The number of alkyl halides is 3. The predicted octanol–water partition coefficient (Wildman–Crippen LogP) is 3.07. The van der Waals surface area contributed by atoms with E-state index in [1.165, 1.54) is 4.90 Å². The molecule has 3 aliphatic heterocycles. The number of amides is 1. The van der Waals surface area contributed by atoms with E-state index in [-0.39, 0.29) is 54.0 Å². The first kappa shape index (κ1) is 26.0. The van der Waals surface area contributed by atoms with E-state index in [1.807, 2.05) is 0 Å². The molecule has 0 aliphatic carbocycles. The first-order valence-corrected chi connectivity index (χ1v) is 12.0. The van der Waals surface area contributed by atoms with Gasteiger partial charge >= 0.3 is 12.1 Å². The van der Waals surface area contributed by atoms with E-state index >= 15 is 0 Å². The normalized spacial score (nSPS) is 26.2. The van der Waals surface area contributed by atoms with Crippen LogP contribution in [0.25, 0.3) is 0 Å². The lowest BCUT2D eigenvalue weighted by atomic mass is 10.0. The second-order valence-corrected chi connectivity index (χ2v) is 9.74. The Labute approximate surface area is 206 Å². The average molecular weight is 520 g/mol. The maximum Gasteiger partial charge on any atom is 0.416 e. The summed E-state index contributed by atoms with van der Waals surface area (Å²) in [6.07, 6.45) is -3.84. The first-order chi connectivity index (χ1) is 16.5. The third kappa shape index (κ3) is 6.02. The van der Waals surface area contributed by atoms with Crippen LogP contribution in [-0.2, 0) is 27.0 Å². The largest absolute Gasteiger partial charge is 0.481 e. The summed E-state index contributed by atoms with van der Waals surface area (Å²) in [6.45, 7) is 5.23. The van der Waals surface area contributed by atoms with Crippen molar-refractivity contribution < 1.29 is 37.3 Å². The van der Waals surface area contributed by atoms with Crippen molar-refractivity contribution in [2.75, 3.05) is 39.5 Å². The predicted molar refractivity (Wildman–Crippen MR) is 120 cm³/mol. The minimum atomic E-state index is -4.55. The molecule has 1 N–H and O–H groups in total. The van der Waals surface area contributed by atoms with E-state index < -0.39 is 23.8 Å². The van der Waals surface area contributed by atoms with Gasteiger partial charge in [-0.2, -0.15) is 13.2 Å². The van der Waals surface area contributed by atoms with Gasteiger partial charge in [0.1, 0.15) is 11.9 Å². The molecule has 8 nitrogen and oxygen atoms in total. The number of nitrogens with zero attached hydrogens (tertiary/aromatic N) is 3. The number of carbonyl (C=O) groups is 2. The van der Waals surface area contributed by atoms with Gasteiger partial charge in [0, 0.05) is 43.8 Å². The van der Waals surface area contributed by atoms with Crippen molar-refractivity contribution in [3.05, 3.63) is 28.3 Å². The highest BCUT2D eigenvalue weighted by atomic mass is 35.5. The van der Waals surface area contributed by atoms with E-state index in [0.717, 1.165) is 38.2 Å². The molecule has 1 aromatic carbocycles. The van der Waals surface area contributed by atoms with Crippen LogP contribution in [0.5, 0.6) is 5.75 Å². The van der Waals surface area contributed by atoms with Crippen LogP contribution < -0.4 is 4.74 Å². The maximum atomic E-state index is 13.2. The summed E-state index contributed by atoms with van der Waals surface area (Å²) in [4.78, 5) is 29.7. The highest BCUT2D eigenvalue weighted by Crippen LogP contribution is 2.39. The Kier molecular flexibility index (Phi) is 7.80. The van der Waals surface area contributed by atoms with Crippen LogP contribution in [0.1, 0.15) is 37.3 Å². The van der Waals surface area contributed by atoms with Crippen LogP contribution in [-0.4, -0.2) is 89.4 Å². The van der Waals surface area contributed by atoms with Crippen molar-refractivity contribution in [3.8, 4) is 5.75 Å². The quantitative estimate of drug-likeness (QED) is 0.640. The molecule has 0 spiro atoms. The highest BCUT2D eigenvalue weighted by molar-refractivity contribution is 6.32. The molecule has 194 valence electrons. The van der Waals surface area contributed by atoms with Gasteiger partial charge in [0.05, 0.1) is 30.2 Å². The Morgan fingerprint density at radius 3 is 2.63 bits per heavy atom. The van der Waals surface area contributed by atoms with Crippen molar-refractivity contribution in [1.82, 2.24) is 14.7 Å². The summed E-state index contributed by atoms with van der Waals surface area (Å²) in [5, 5.41) is 8.78. The molecule has 12 heteroatoms. The minimum Gasteiger partial charge on any atom is -0.481 e. The summed E-state index contributed by atoms with van der Waals surface area (Å²) >= 11 is 5.98. The topological polar surface area (TPSA) is 82.6 Å². The van der Waals surface area contributed by atoms with Crippen molar-refractivity contribution >= 4 is 23.5 Å². The van der Waals surface area contributed by atoms with E-state index in [2.05, 4.69) is 16.7 Å². The molecule has 3 atom stereocenters. The molecular formula is C23H29ClF3N3O5. The second kappa shape index (κ2) is 10.5. The smallest absolute Gasteiger partial charge is 0.416 e. The maximum absolute atomic E-state index is 13.2. The van der Waals surface area contributed by atoms with Gasteiger partial charge in [-0.25, -0.2) is 0 Å². The van der Waals surface area contributed by atoms with Crippen LogP contribution in [0.4, 0.5) is 13.2 Å². The van der Waals surface area contributed by atoms with Crippen LogP contribution in [0.2, 0.25) is 5.02 Å². The van der Waals surface area contributed by atoms with Crippen LogP contribution in [0.3, 0.4) is 0 Å². The standard InChI is InChI=1S/C23H29ClF3N3O5/c1-14-10-29(7-6-28(14)5-4-20(31)32)17-2-3-19(34-12-17)22(33)30-11-15-8-16(23(25,26)27)9-18(24)21(15)35-13-30/h8-9,14,17,19H,2-7,10-13H2,1H3,(H,31,32)/t14?,17?,19-/m1/s1. The lowest BCUT2D eigenvalue weighted by molar-refractivity contribution is -0.154. The number of carbonyl (C=O) groups excluding carboxylic acids is 1. The third-order valence-electron chi connectivity index (χ3n) is 6.94. The van der Waals surface area contributed by atoms with Gasteiger partial charge in [0.25, 0.3) is 5.91 Å². The number of fused-ring (bicyclic) bond motifs is 1. The number of rotatable bonds is 5. The molecule has 1 amide bonds. The van der Waals surface area contributed by atoms with E-state index in [9.17, 15) is 22.8 Å². The van der Waals surface area contributed by atoms with E-state index in [0.29, 0.717) is 19.6 Å². The molecule has 4 rings (SSSR count). The fraction of sp³-hybridized carbons (Fsp3) is 0.652. The Bertz CT molecular complexity index is 955. The van der Waals surface area contributed by atoms with E-state index in [1.54, 1.807) is 0 Å². The first-order valence-electron chi connectivity index (χ1n) is 11.7. The number of hydrogen-bond acceptors (Lipinski definition) is 6. The number of benzene rings is 1. The number of carboxylic acids is 1. The van der Waals surface area contributed by atoms with Crippen LogP contribution in [0, 0.1) is 0 Å². The number of ether oxygens (including phenoxy) is 2. The number of piperazine rings is 1. The fourth-order valence-electron chi connectivity index (χ4n) is 4.98. The molecule has 2 saturated heterocycles. The molecule has 1 aromatic rings. The average Bonchev–Trinajstić information content (AvgIpc) is 2.82. The van der Waals surface area contributed by atoms with Crippen LogP contribution >= 0.6 is 11.6 Å². The lowest BCUT2D eigenvalue weighted by Gasteiger charge is -2.45. The molecule has 0 radical (unpaired) electrons. The van der Waals surface area contributed by atoms with Crippen LogP contribution in [0.15, 0.2) is 12.1 Å². The second-order valence-electron chi connectivity index (χ2n) is 9.33. The van der Waals surface area contributed by atoms with Gasteiger partial charge in [-0.1, -0.05) is 11.6 Å². The van der Waals surface area contributed by atoms with Crippen molar-refractivity contribution in [3.63, 3.8) is 0 Å². The Balaban J connectivity index is 1.30. The minimum absolute atomic E-state index is 0.0308. The molecule has 3 heterocycles. The summed E-state index contributed by atoms with van der Waals surface area (Å²) in [5.41, 5.74) is -0.666. The number of aliphatic carboxylic acids is 1. The summed E-state index contributed by atoms with van der Waals surface area (Å²) in [7, 11) is 0. The zero-order valence-corrected chi connectivity index (χ0v) is 20.1. The molecule has 0 saturated carbocycles. The lowest BCUT2D eigenvalue weighted by Crippen LogP contribution is -2.57. The molecule has 0 aromatic heterocycles. The Morgan fingerprint density at radius 2 is 2.00 bits per heavy atom. The van der Waals surface area contributed by atoms with Gasteiger partial charge in [0.2, 0.25) is 0 Å². The van der Waals surface area contributed by atoms with Crippen molar-refractivity contribution in [1.29, 1.82) is 0 Å². The third-order valence-corrected chi connectivity index (χ3v) is 7.22. The zero-order chi connectivity index (χ0) is 25.3. The zero-order valence-electron chi connectivity index (χ0n) is 19.4. The fourth-order valence-corrected chi connectivity index (χ4v) is 5.27. The van der Waals surface area contributed by atoms with Crippen molar-refractivity contribution in [2.24, 2.45) is 0 Å². The van der Waals surface area contributed by atoms with Gasteiger partial charge < -0.3 is 19.5 Å². The highest BCUT2D eigenvalue weighted by Gasteiger charge is 2.38. The van der Waals surface area contributed by atoms with Crippen molar-refractivity contribution in [2.45, 2.75) is 57.1 Å². The number of carboxylic acid groups (broad SMARTS) is 1. The SMILES string of the molecule is CC1CN(C2CC[C@H](C(=O)N3COc4c(Cl)cc(C(F)(F)F)cc4C3)OC2)CCN1CCC(=O)O. The molecule has 35 heavy (non-hydrogen) atoms. The van der Waals surface area contributed by atoms with Gasteiger partial charge in [-0.05, 0) is 31.9 Å². The molecule has 0 bridgehead atoms. The molecule has 2 fully saturated rings. The summed E-state index contributed by atoms with van der Waals surface area (Å²) in [5.74, 6) is -0.943. The molecule has 2 unspecified atom stereocenters. The summed E-state index contributed by atoms with van der Waals surface area (Å²) < 4.78 is 50.9. The monoisotopic (exact) mass is 519 g/mol. The summed E-state index contributed by atoms with van der Waals surface area (Å²) in [6, 6.07) is 2.18. The molecule has 3 aliphatic rings. The Hall–Kier alpha value is -2.08. The van der Waals surface area contributed by atoms with Gasteiger partial charge in [-0.15, -0.1) is 0 Å². The van der Waals surface area contributed by atoms with E-state index in [4.69, 9.17) is 26.2 Å². The molecular weight excluding hydrogens is 491 g/mol.